The van der Waals surface area contributed by atoms with Crippen LogP contribution in [0.25, 0.3) is 0 Å². The van der Waals surface area contributed by atoms with E-state index >= 15 is 0 Å². The molecule has 31 heavy (non-hydrogen) atoms. The molecule has 3 saturated heterocycles. The molecule has 162 valence electrons. The number of carbonyl (C=O) groups excluding carboxylic acids is 2. The first-order chi connectivity index (χ1) is 15.0. The summed E-state index contributed by atoms with van der Waals surface area (Å²) in [4.78, 5) is 33.5. The number of hydrogen-bond donors (Lipinski definition) is 1. The van der Waals surface area contributed by atoms with Crippen molar-refractivity contribution >= 4 is 29.2 Å². The van der Waals surface area contributed by atoms with E-state index in [1.165, 1.54) is 6.07 Å². The Kier molecular flexibility index (Phi) is 5.08. The van der Waals surface area contributed by atoms with Crippen LogP contribution in [0.5, 0.6) is 0 Å². The van der Waals surface area contributed by atoms with Crippen LogP contribution < -0.4 is 10.2 Å². The Bertz CT molecular complexity index is 1020. The highest BCUT2D eigenvalue weighted by Gasteiger charge is 2.56. The Morgan fingerprint density at radius 2 is 1.84 bits per heavy atom. The minimum absolute atomic E-state index is 0.0860. The SMILES string of the molecule is CN1C(=O)N(Cc2ccccc2F)C(=O)C2C1NC1N(c3ccc(Cl)cc3)CCCN21. The van der Waals surface area contributed by atoms with E-state index in [4.69, 9.17) is 11.6 Å². The molecular formula is C22H23ClFN5O2. The van der Waals surface area contributed by atoms with E-state index in [1.54, 1.807) is 30.1 Å². The molecule has 3 unspecified atom stereocenters. The molecule has 1 N–H and O–H groups in total. The zero-order valence-electron chi connectivity index (χ0n) is 17.0. The van der Waals surface area contributed by atoms with Crippen LogP contribution in [0.4, 0.5) is 14.9 Å². The molecule has 0 aromatic heterocycles. The molecule has 3 heterocycles. The monoisotopic (exact) mass is 443 g/mol. The van der Waals surface area contributed by atoms with Crippen molar-refractivity contribution in [2.45, 2.75) is 31.5 Å². The third-order valence-electron chi connectivity index (χ3n) is 6.31. The Morgan fingerprint density at radius 3 is 2.58 bits per heavy atom. The number of benzene rings is 2. The number of imide groups is 1. The zero-order valence-corrected chi connectivity index (χ0v) is 17.8. The van der Waals surface area contributed by atoms with E-state index in [1.807, 2.05) is 24.3 Å². The second kappa shape index (κ2) is 7.78. The van der Waals surface area contributed by atoms with E-state index in [-0.39, 0.29) is 18.7 Å². The van der Waals surface area contributed by atoms with Crippen molar-refractivity contribution in [1.29, 1.82) is 0 Å². The van der Waals surface area contributed by atoms with Gasteiger partial charge in [-0.15, -0.1) is 0 Å². The van der Waals surface area contributed by atoms with Crippen LogP contribution in [0.3, 0.4) is 0 Å². The summed E-state index contributed by atoms with van der Waals surface area (Å²) in [5.41, 5.74) is 1.31. The Labute approximate surface area is 185 Å². The smallest absolute Gasteiger partial charge is 0.328 e. The average molecular weight is 444 g/mol. The highest BCUT2D eigenvalue weighted by Crippen LogP contribution is 2.34. The second-order valence-electron chi connectivity index (χ2n) is 8.10. The first-order valence-corrected chi connectivity index (χ1v) is 10.7. The molecule has 3 fully saturated rings. The minimum Gasteiger partial charge on any atom is -0.343 e. The van der Waals surface area contributed by atoms with Crippen LogP contribution in [0.15, 0.2) is 48.5 Å². The molecule has 0 saturated carbocycles. The summed E-state index contributed by atoms with van der Waals surface area (Å²) >= 11 is 6.04. The van der Waals surface area contributed by atoms with E-state index in [2.05, 4.69) is 15.1 Å². The van der Waals surface area contributed by atoms with E-state index < -0.39 is 24.1 Å². The third kappa shape index (κ3) is 3.35. The fraction of sp³-hybridized carbons (Fsp3) is 0.364. The molecular weight excluding hydrogens is 421 g/mol. The van der Waals surface area contributed by atoms with Crippen molar-refractivity contribution in [3.8, 4) is 0 Å². The standard InChI is InChI=1S/C22H23ClFN5O2/c1-26-19-18(20(30)29(22(26)31)13-14-5-2-3-6-17(14)24)28-12-4-11-27(21(28)25-19)16-9-7-15(23)8-10-16/h2-3,5-10,18-19,21,25H,4,11-13H2,1H3. The number of anilines is 1. The van der Waals surface area contributed by atoms with Crippen LogP contribution in [-0.2, 0) is 11.3 Å². The van der Waals surface area contributed by atoms with Crippen molar-refractivity contribution in [1.82, 2.24) is 20.0 Å². The first-order valence-electron chi connectivity index (χ1n) is 10.3. The fourth-order valence-corrected chi connectivity index (χ4v) is 4.88. The number of amides is 3. The number of fused-ring (bicyclic) bond motifs is 3. The Morgan fingerprint density at radius 1 is 1.10 bits per heavy atom. The number of likely N-dealkylation sites (N-methyl/N-ethyl adjacent to an activating group) is 1. The molecule has 0 aliphatic carbocycles. The second-order valence-corrected chi connectivity index (χ2v) is 8.54. The van der Waals surface area contributed by atoms with Gasteiger partial charge in [0.15, 0.2) is 0 Å². The lowest BCUT2D eigenvalue weighted by atomic mass is 10.1. The van der Waals surface area contributed by atoms with E-state index in [0.717, 1.165) is 30.1 Å². The van der Waals surface area contributed by atoms with E-state index in [9.17, 15) is 14.0 Å². The molecule has 7 nitrogen and oxygen atoms in total. The summed E-state index contributed by atoms with van der Waals surface area (Å²) in [6, 6.07) is 12.9. The van der Waals surface area contributed by atoms with E-state index in [0.29, 0.717) is 10.6 Å². The number of carbonyl (C=O) groups is 2. The van der Waals surface area contributed by atoms with Gasteiger partial charge in [0, 0.05) is 36.4 Å². The average Bonchev–Trinajstić information content (AvgIpc) is 3.17. The maximum atomic E-state index is 14.2. The molecule has 2 aromatic rings. The van der Waals surface area contributed by atoms with Gasteiger partial charge in [0.1, 0.15) is 24.3 Å². The predicted molar refractivity (Wildman–Crippen MR) is 115 cm³/mol. The number of rotatable bonds is 3. The Hall–Kier alpha value is -2.68. The number of halogens is 2. The summed E-state index contributed by atoms with van der Waals surface area (Å²) in [5, 5.41) is 4.13. The van der Waals surface area contributed by atoms with Crippen molar-refractivity contribution in [2.75, 3.05) is 25.0 Å². The fourth-order valence-electron chi connectivity index (χ4n) is 4.76. The largest absolute Gasteiger partial charge is 0.343 e. The molecule has 9 heteroatoms. The molecule has 0 spiro atoms. The van der Waals surface area contributed by atoms with Gasteiger partial charge < -0.3 is 9.80 Å². The van der Waals surface area contributed by atoms with Crippen molar-refractivity contribution in [3.63, 3.8) is 0 Å². The maximum absolute atomic E-state index is 14.2. The summed E-state index contributed by atoms with van der Waals surface area (Å²) in [6.45, 7) is 1.46. The molecule has 3 amide bonds. The van der Waals surface area contributed by atoms with Crippen LogP contribution >= 0.6 is 11.6 Å². The van der Waals surface area contributed by atoms with Gasteiger partial charge in [0.25, 0.3) is 5.91 Å². The molecule has 2 aromatic carbocycles. The normalized spacial score (nSPS) is 26.3. The summed E-state index contributed by atoms with van der Waals surface area (Å²) in [6.07, 6.45) is 0.203. The third-order valence-corrected chi connectivity index (χ3v) is 6.57. The van der Waals surface area contributed by atoms with Crippen LogP contribution in [0.1, 0.15) is 12.0 Å². The number of nitrogens with zero attached hydrogens (tertiary/aromatic N) is 4. The molecule has 3 atom stereocenters. The predicted octanol–water partition coefficient (Wildman–Crippen LogP) is 2.67. The molecule has 0 bridgehead atoms. The topological polar surface area (TPSA) is 59.1 Å². The van der Waals surface area contributed by atoms with Crippen molar-refractivity contribution < 1.29 is 14.0 Å². The van der Waals surface area contributed by atoms with Crippen molar-refractivity contribution in [3.05, 3.63) is 64.9 Å². The van der Waals surface area contributed by atoms with Crippen LogP contribution in [0.2, 0.25) is 5.02 Å². The lowest BCUT2D eigenvalue weighted by Gasteiger charge is -2.43. The number of nitrogens with one attached hydrogen (secondary N) is 1. The number of hydrogen-bond acceptors (Lipinski definition) is 5. The van der Waals surface area contributed by atoms with Gasteiger partial charge in [-0.05, 0) is 36.8 Å². The maximum Gasteiger partial charge on any atom is 0.328 e. The van der Waals surface area contributed by atoms with Gasteiger partial charge in [-0.25, -0.2) is 9.18 Å². The van der Waals surface area contributed by atoms with Gasteiger partial charge in [-0.2, -0.15) is 0 Å². The van der Waals surface area contributed by atoms with Crippen molar-refractivity contribution in [2.24, 2.45) is 0 Å². The highest BCUT2D eigenvalue weighted by molar-refractivity contribution is 6.30. The number of urea groups is 1. The van der Waals surface area contributed by atoms with Gasteiger partial charge in [-0.1, -0.05) is 29.8 Å². The lowest BCUT2D eigenvalue weighted by molar-refractivity contribution is -0.139. The zero-order chi connectivity index (χ0) is 21.7. The highest BCUT2D eigenvalue weighted by atomic mass is 35.5. The molecule has 3 aliphatic heterocycles. The Balaban J connectivity index is 1.44. The molecule has 5 rings (SSSR count). The first kappa shape index (κ1) is 20.2. The lowest BCUT2D eigenvalue weighted by Crippen LogP contribution is -2.66. The molecule has 3 aliphatic rings. The van der Waals surface area contributed by atoms with Crippen LogP contribution in [0, 0.1) is 5.82 Å². The summed E-state index contributed by atoms with van der Waals surface area (Å²) in [5.74, 6) is -0.730. The van der Waals surface area contributed by atoms with Gasteiger partial charge in [-0.3, -0.25) is 19.9 Å². The summed E-state index contributed by atoms with van der Waals surface area (Å²) in [7, 11) is 1.68. The minimum atomic E-state index is -0.533. The van der Waals surface area contributed by atoms with Crippen LogP contribution in [-0.4, -0.2) is 65.3 Å². The van der Waals surface area contributed by atoms with Gasteiger partial charge >= 0.3 is 6.03 Å². The van der Waals surface area contributed by atoms with Gasteiger partial charge in [0.2, 0.25) is 0 Å². The molecule has 0 radical (unpaired) electrons. The quantitative estimate of drug-likeness (QED) is 0.790. The van der Waals surface area contributed by atoms with Gasteiger partial charge in [0.05, 0.1) is 6.54 Å². The summed E-state index contributed by atoms with van der Waals surface area (Å²) < 4.78 is 14.2.